The van der Waals surface area contributed by atoms with Gasteiger partial charge in [-0.05, 0) is 34.2 Å². The Hall–Kier alpha value is -0.880. The lowest BCUT2D eigenvalue weighted by Gasteiger charge is -2.09. The van der Waals surface area contributed by atoms with Crippen LogP contribution in [0.5, 0.6) is 5.75 Å². The Kier molecular flexibility index (Phi) is 2.92. The molecule has 0 saturated heterocycles. The number of rotatable bonds is 1. The molecule has 17 heavy (non-hydrogen) atoms. The Morgan fingerprint density at radius 3 is 2.94 bits per heavy atom. The quantitative estimate of drug-likeness (QED) is 0.579. The second-order valence-corrected chi connectivity index (χ2v) is 5.31. The summed E-state index contributed by atoms with van der Waals surface area (Å²) in [6.45, 7) is 0. The lowest BCUT2D eigenvalue weighted by atomic mass is 10.1. The van der Waals surface area contributed by atoms with E-state index in [2.05, 4.69) is 38.6 Å². The van der Waals surface area contributed by atoms with Crippen molar-refractivity contribution in [3.05, 3.63) is 50.6 Å². The minimum Gasteiger partial charge on any atom is -0.482 e. The molecule has 3 rings (SSSR count). The van der Waals surface area contributed by atoms with Gasteiger partial charge < -0.3 is 4.74 Å². The Balaban J connectivity index is 1.91. The molecule has 2 aromatic rings. The minimum atomic E-state index is -0.123. The van der Waals surface area contributed by atoms with E-state index in [1.165, 1.54) is 5.56 Å². The van der Waals surface area contributed by atoms with Gasteiger partial charge in [0.1, 0.15) is 10.9 Å². The smallest absolute Gasteiger partial charge is 0.171 e. The van der Waals surface area contributed by atoms with E-state index < -0.39 is 0 Å². The Morgan fingerprint density at radius 1 is 1.35 bits per heavy atom. The number of hydrogen-bond acceptors (Lipinski definition) is 3. The van der Waals surface area contributed by atoms with Crippen LogP contribution in [0.25, 0.3) is 0 Å². The van der Waals surface area contributed by atoms with Gasteiger partial charge >= 0.3 is 0 Å². The van der Waals surface area contributed by atoms with Crippen LogP contribution in [-0.2, 0) is 6.42 Å². The molecule has 0 bridgehead atoms. The Bertz CT molecular complexity index is 551. The summed E-state index contributed by atoms with van der Waals surface area (Å²) in [6.07, 6.45) is 2.40. The molecule has 2 heterocycles. The number of nitrogens with zero attached hydrogens (tertiary/aromatic N) is 2. The summed E-state index contributed by atoms with van der Waals surface area (Å²) < 4.78 is 6.65. The molecule has 0 fully saturated rings. The molecule has 86 valence electrons. The standard InChI is InChI=1S/C12H8ClIN2O/c13-11-8(14)6-15-12(16-11)10-5-7-3-1-2-4-9(7)17-10/h1-4,6,10H,5H2. The van der Waals surface area contributed by atoms with Crippen molar-refractivity contribution in [2.75, 3.05) is 0 Å². The zero-order valence-corrected chi connectivity index (χ0v) is 11.6. The lowest BCUT2D eigenvalue weighted by molar-refractivity contribution is 0.227. The third-order valence-electron chi connectivity index (χ3n) is 2.66. The molecule has 1 aromatic heterocycles. The van der Waals surface area contributed by atoms with Crippen LogP contribution in [0.4, 0.5) is 0 Å². The molecule has 5 heteroatoms. The molecular formula is C12H8ClIN2O. The van der Waals surface area contributed by atoms with Crippen LogP contribution in [0, 0.1) is 3.57 Å². The van der Waals surface area contributed by atoms with Gasteiger partial charge in [0.05, 0.1) is 3.57 Å². The second kappa shape index (κ2) is 4.42. The molecule has 0 radical (unpaired) electrons. The highest BCUT2D eigenvalue weighted by Crippen LogP contribution is 2.35. The van der Waals surface area contributed by atoms with Gasteiger partial charge in [0, 0.05) is 12.6 Å². The van der Waals surface area contributed by atoms with E-state index in [9.17, 15) is 0 Å². The monoisotopic (exact) mass is 358 g/mol. The number of hydrogen-bond donors (Lipinski definition) is 0. The molecular weight excluding hydrogens is 351 g/mol. The van der Waals surface area contributed by atoms with Crippen LogP contribution in [0.15, 0.2) is 30.5 Å². The average molecular weight is 359 g/mol. The Labute approximate surface area is 117 Å². The SMILES string of the molecule is Clc1nc(C2Cc3ccccc3O2)ncc1I. The summed E-state index contributed by atoms with van der Waals surface area (Å²) in [7, 11) is 0. The van der Waals surface area contributed by atoms with Crippen LogP contribution >= 0.6 is 34.2 Å². The largest absolute Gasteiger partial charge is 0.482 e. The van der Waals surface area contributed by atoms with Crippen molar-refractivity contribution in [3.8, 4) is 5.75 Å². The van der Waals surface area contributed by atoms with Gasteiger partial charge in [-0.2, -0.15) is 0 Å². The van der Waals surface area contributed by atoms with Gasteiger partial charge in [-0.1, -0.05) is 29.8 Å². The van der Waals surface area contributed by atoms with E-state index in [1.54, 1.807) is 6.20 Å². The van der Waals surface area contributed by atoms with Gasteiger partial charge in [0.2, 0.25) is 0 Å². The van der Waals surface area contributed by atoms with Crippen LogP contribution in [0.3, 0.4) is 0 Å². The van der Waals surface area contributed by atoms with Gasteiger partial charge in [-0.25, -0.2) is 9.97 Å². The maximum absolute atomic E-state index is 5.99. The zero-order valence-electron chi connectivity index (χ0n) is 8.73. The molecule has 0 amide bonds. The van der Waals surface area contributed by atoms with Crippen molar-refractivity contribution in [3.63, 3.8) is 0 Å². The summed E-state index contributed by atoms with van der Waals surface area (Å²) in [5.41, 5.74) is 1.19. The molecule has 0 N–H and O–H groups in total. The van der Waals surface area contributed by atoms with Crippen molar-refractivity contribution in [2.45, 2.75) is 12.5 Å². The van der Waals surface area contributed by atoms with Crippen molar-refractivity contribution in [1.82, 2.24) is 9.97 Å². The zero-order chi connectivity index (χ0) is 11.8. The van der Waals surface area contributed by atoms with Crippen molar-refractivity contribution < 1.29 is 4.74 Å². The van der Waals surface area contributed by atoms with E-state index >= 15 is 0 Å². The number of ether oxygens (including phenoxy) is 1. The molecule has 1 aliphatic rings. The van der Waals surface area contributed by atoms with Crippen LogP contribution < -0.4 is 4.74 Å². The highest BCUT2D eigenvalue weighted by molar-refractivity contribution is 14.1. The summed E-state index contributed by atoms with van der Waals surface area (Å²) in [6, 6.07) is 7.99. The molecule has 1 unspecified atom stereocenters. The molecule has 0 aliphatic carbocycles. The van der Waals surface area contributed by atoms with Gasteiger partial charge in [0.15, 0.2) is 11.9 Å². The third kappa shape index (κ3) is 2.11. The second-order valence-electron chi connectivity index (χ2n) is 3.79. The van der Waals surface area contributed by atoms with E-state index in [4.69, 9.17) is 16.3 Å². The first-order valence-corrected chi connectivity index (χ1v) is 6.62. The third-order valence-corrected chi connectivity index (χ3v) is 4.05. The highest BCUT2D eigenvalue weighted by Gasteiger charge is 2.26. The maximum atomic E-state index is 5.99. The number of aromatic nitrogens is 2. The van der Waals surface area contributed by atoms with Crippen molar-refractivity contribution in [2.24, 2.45) is 0 Å². The van der Waals surface area contributed by atoms with Crippen LogP contribution in [0.1, 0.15) is 17.5 Å². The van der Waals surface area contributed by atoms with Crippen molar-refractivity contribution in [1.29, 1.82) is 0 Å². The number of para-hydroxylation sites is 1. The van der Waals surface area contributed by atoms with E-state index in [0.717, 1.165) is 15.7 Å². The summed E-state index contributed by atoms with van der Waals surface area (Å²) >= 11 is 8.10. The number of fused-ring (bicyclic) bond motifs is 1. The predicted molar refractivity (Wildman–Crippen MR) is 73.3 cm³/mol. The summed E-state index contributed by atoms with van der Waals surface area (Å²) in [4.78, 5) is 8.54. The normalized spacial score (nSPS) is 17.6. The number of benzene rings is 1. The Morgan fingerprint density at radius 2 is 2.18 bits per heavy atom. The van der Waals surface area contributed by atoms with Crippen LogP contribution in [-0.4, -0.2) is 9.97 Å². The topological polar surface area (TPSA) is 35.0 Å². The lowest BCUT2D eigenvalue weighted by Crippen LogP contribution is -2.08. The fourth-order valence-electron chi connectivity index (χ4n) is 1.84. The number of halogens is 2. The van der Waals surface area contributed by atoms with Gasteiger partial charge in [-0.3, -0.25) is 0 Å². The van der Waals surface area contributed by atoms with Crippen molar-refractivity contribution >= 4 is 34.2 Å². The average Bonchev–Trinajstić information content (AvgIpc) is 2.76. The first-order chi connectivity index (χ1) is 8.24. The molecule has 1 aliphatic heterocycles. The van der Waals surface area contributed by atoms with E-state index in [0.29, 0.717) is 11.0 Å². The molecule has 3 nitrogen and oxygen atoms in total. The fourth-order valence-corrected chi connectivity index (χ4v) is 2.24. The van der Waals surface area contributed by atoms with E-state index in [-0.39, 0.29) is 6.10 Å². The maximum Gasteiger partial charge on any atom is 0.171 e. The predicted octanol–water partition coefficient (Wildman–Crippen LogP) is 3.41. The highest BCUT2D eigenvalue weighted by atomic mass is 127. The minimum absolute atomic E-state index is 0.123. The van der Waals surface area contributed by atoms with E-state index in [1.807, 2.05) is 18.2 Å². The molecule has 1 aromatic carbocycles. The molecule has 0 saturated carbocycles. The first-order valence-electron chi connectivity index (χ1n) is 5.16. The van der Waals surface area contributed by atoms with Gasteiger partial charge in [0.25, 0.3) is 0 Å². The summed E-state index contributed by atoms with van der Waals surface area (Å²) in [5.74, 6) is 1.56. The molecule has 0 spiro atoms. The first kappa shape index (κ1) is 11.2. The fraction of sp³-hybridized carbons (Fsp3) is 0.167. The molecule has 1 atom stereocenters. The van der Waals surface area contributed by atoms with Crippen LogP contribution in [0.2, 0.25) is 5.15 Å². The van der Waals surface area contributed by atoms with Gasteiger partial charge in [-0.15, -0.1) is 0 Å². The summed E-state index contributed by atoms with van der Waals surface area (Å²) in [5, 5.41) is 0.482.